The van der Waals surface area contributed by atoms with Gasteiger partial charge in [0.2, 0.25) is 0 Å². The van der Waals surface area contributed by atoms with E-state index in [9.17, 15) is 4.39 Å². The number of nitrogens with two attached hydrogens (primary N) is 1. The Bertz CT molecular complexity index is 366. The van der Waals surface area contributed by atoms with E-state index >= 15 is 0 Å². The van der Waals surface area contributed by atoms with Gasteiger partial charge in [-0.05, 0) is 52.4 Å². The number of hydrogen-bond donors (Lipinski definition) is 1. The Morgan fingerprint density at radius 3 is 2.47 bits per heavy atom. The van der Waals surface area contributed by atoms with E-state index in [2.05, 4.69) is 15.9 Å². The molecule has 1 aromatic rings. The first-order chi connectivity index (χ1) is 7.68. The van der Waals surface area contributed by atoms with Gasteiger partial charge in [-0.25, -0.2) is 4.39 Å². The Balaban J connectivity index is 0.00000144. The highest BCUT2D eigenvalue weighted by Crippen LogP contribution is 2.33. The summed E-state index contributed by atoms with van der Waals surface area (Å²) in [5.41, 5.74) is 7.29. The number of benzene rings is 1. The topological polar surface area (TPSA) is 26.0 Å². The fraction of sp³-hybridized carbons (Fsp3) is 0.538. The second-order valence-corrected chi connectivity index (χ2v) is 5.45. The Morgan fingerprint density at radius 2 is 1.88 bits per heavy atom. The van der Waals surface area contributed by atoms with Crippen molar-refractivity contribution in [1.82, 2.24) is 0 Å². The first kappa shape index (κ1) is 14.9. The van der Waals surface area contributed by atoms with Gasteiger partial charge in [0.25, 0.3) is 0 Å². The van der Waals surface area contributed by atoms with Crippen molar-refractivity contribution in [3.05, 3.63) is 34.1 Å². The van der Waals surface area contributed by atoms with Crippen LogP contribution in [-0.2, 0) is 0 Å². The zero-order valence-corrected chi connectivity index (χ0v) is 12.1. The van der Waals surface area contributed by atoms with Gasteiger partial charge < -0.3 is 5.73 Å². The Kier molecular flexibility index (Phi) is 5.90. The lowest BCUT2D eigenvalue weighted by Crippen LogP contribution is -2.23. The van der Waals surface area contributed by atoms with Crippen molar-refractivity contribution in [3.8, 4) is 0 Å². The molecule has 0 radical (unpaired) electrons. The lowest BCUT2D eigenvalue weighted by atomic mass is 9.81. The summed E-state index contributed by atoms with van der Waals surface area (Å²) >= 11 is 3.21. The van der Waals surface area contributed by atoms with E-state index in [1.807, 2.05) is 6.07 Å². The van der Waals surface area contributed by atoms with E-state index in [4.69, 9.17) is 5.73 Å². The summed E-state index contributed by atoms with van der Waals surface area (Å²) in [6.07, 6.45) is 6.30. The molecule has 17 heavy (non-hydrogen) atoms. The van der Waals surface area contributed by atoms with E-state index in [1.165, 1.54) is 38.2 Å². The third-order valence-electron chi connectivity index (χ3n) is 3.49. The lowest BCUT2D eigenvalue weighted by Gasteiger charge is -2.27. The molecular formula is C13H18BrClFN. The van der Waals surface area contributed by atoms with Crippen LogP contribution in [0.5, 0.6) is 0 Å². The maximum absolute atomic E-state index is 13.1. The summed E-state index contributed by atoms with van der Waals surface area (Å²) in [5, 5.41) is 0. The highest BCUT2D eigenvalue weighted by atomic mass is 79.9. The van der Waals surface area contributed by atoms with Gasteiger partial charge in [0.15, 0.2) is 0 Å². The van der Waals surface area contributed by atoms with Crippen LogP contribution in [0, 0.1) is 11.7 Å². The molecular weight excluding hydrogens is 305 g/mol. The molecule has 1 atom stereocenters. The molecule has 0 heterocycles. The smallest absolute Gasteiger partial charge is 0.137 e. The molecule has 4 heteroatoms. The molecule has 0 aliphatic heterocycles. The largest absolute Gasteiger partial charge is 0.324 e. The van der Waals surface area contributed by atoms with Crippen LogP contribution >= 0.6 is 28.3 Å². The molecule has 1 fully saturated rings. The standard InChI is InChI=1S/C13H17BrFN.ClH/c14-11-8-10(6-7-12(11)15)13(16)9-4-2-1-3-5-9;/h6-9,13H,1-5,16H2;1H/t13-;/m0./s1. The van der Waals surface area contributed by atoms with Gasteiger partial charge in [0.05, 0.1) is 4.47 Å². The molecule has 0 unspecified atom stereocenters. The van der Waals surface area contributed by atoms with E-state index in [0.29, 0.717) is 10.4 Å². The van der Waals surface area contributed by atoms with Crippen molar-refractivity contribution in [2.75, 3.05) is 0 Å². The minimum atomic E-state index is -0.223. The zero-order valence-electron chi connectivity index (χ0n) is 9.66. The van der Waals surface area contributed by atoms with Crippen LogP contribution in [0.2, 0.25) is 0 Å². The molecule has 1 aliphatic rings. The van der Waals surface area contributed by atoms with Crippen molar-refractivity contribution in [2.45, 2.75) is 38.1 Å². The molecule has 1 nitrogen and oxygen atoms in total. The molecule has 0 saturated heterocycles. The molecule has 1 aliphatic carbocycles. The number of rotatable bonds is 2. The average Bonchev–Trinajstić information content (AvgIpc) is 2.33. The SMILES string of the molecule is Cl.N[C@H](c1ccc(F)c(Br)c1)C1CCCCC1. The molecule has 2 rings (SSSR count). The average molecular weight is 323 g/mol. The summed E-state index contributed by atoms with van der Waals surface area (Å²) in [5.74, 6) is 0.339. The number of hydrogen-bond acceptors (Lipinski definition) is 1. The second kappa shape index (κ2) is 6.72. The van der Waals surface area contributed by atoms with Gasteiger partial charge in [-0.2, -0.15) is 0 Å². The van der Waals surface area contributed by atoms with Gasteiger partial charge >= 0.3 is 0 Å². The van der Waals surface area contributed by atoms with E-state index in [1.54, 1.807) is 6.07 Å². The predicted octanol–water partition coefficient (Wildman–Crippen LogP) is 4.59. The Labute approximate surface area is 117 Å². The van der Waals surface area contributed by atoms with E-state index in [-0.39, 0.29) is 24.3 Å². The van der Waals surface area contributed by atoms with Gasteiger partial charge in [-0.3, -0.25) is 0 Å². The van der Waals surface area contributed by atoms with Crippen LogP contribution in [0.25, 0.3) is 0 Å². The van der Waals surface area contributed by atoms with Gasteiger partial charge in [0, 0.05) is 6.04 Å². The molecule has 1 saturated carbocycles. The normalized spacial score (nSPS) is 18.5. The van der Waals surface area contributed by atoms with Gasteiger partial charge in [0.1, 0.15) is 5.82 Å². The van der Waals surface area contributed by atoms with Crippen molar-refractivity contribution in [2.24, 2.45) is 11.7 Å². The van der Waals surface area contributed by atoms with Gasteiger partial charge in [-0.1, -0.05) is 25.3 Å². The molecule has 0 amide bonds. The van der Waals surface area contributed by atoms with Crippen LogP contribution in [0.1, 0.15) is 43.7 Å². The predicted molar refractivity (Wildman–Crippen MR) is 74.9 cm³/mol. The summed E-state index contributed by atoms with van der Waals surface area (Å²) in [4.78, 5) is 0. The molecule has 1 aromatic carbocycles. The van der Waals surface area contributed by atoms with Crippen LogP contribution in [-0.4, -0.2) is 0 Å². The first-order valence-corrected chi connectivity index (χ1v) is 6.68. The number of halogens is 3. The molecule has 2 N–H and O–H groups in total. The minimum absolute atomic E-state index is 0. The lowest BCUT2D eigenvalue weighted by molar-refractivity contribution is 0.308. The molecule has 0 spiro atoms. The monoisotopic (exact) mass is 321 g/mol. The fourth-order valence-electron chi connectivity index (χ4n) is 2.49. The minimum Gasteiger partial charge on any atom is -0.324 e. The van der Waals surface area contributed by atoms with Gasteiger partial charge in [-0.15, -0.1) is 12.4 Å². The third kappa shape index (κ3) is 3.67. The maximum atomic E-state index is 13.1. The highest BCUT2D eigenvalue weighted by molar-refractivity contribution is 9.10. The van der Waals surface area contributed by atoms with Crippen LogP contribution in [0.15, 0.2) is 22.7 Å². The molecule has 96 valence electrons. The fourth-order valence-corrected chi connectivity index (χ4v) is 2.88. The zero-order chi connectivity index (χ0) is 11.5. The van der Waals surface area contributed by atoms with Crippen LogP contribution in [0.4, 0.5) is 4.39 Å². The summed E-state index contributed by atoms with van der Waals surface area (Å²) < 4.78 is 13.6. The van der Waals surface area contributed by atoms with Crippen molar-refractivity contribution in [1.29, 1.82) is 0 Å². The highest BCUT2D eigenvalue weighted by Gasteiger charge is 2.22. The Hall–Kier alpha value is -0.120. The third-order valence-corrected chi connectivity index (χ3v) is 4.09. The first-order valence-electron chi connectivity index (χ1n) is 5.89. The van der Waals surface area contributed by atoms with Crippen molar-refractivity contribution >= 4 is 28.3 Å². The second-order valence-electron chi connectivity index (χ2n) is 4.60. The summed E-state index contributed by atoms with van der Waals surface area (Å²) in [7, 11) is 0. The summed E-state index contributed by atoms with van der Waals surface area (Å²) in [6, 6.07) is 5.16. The van der Waals surface area contributed by atoms with Crippen LogP contribution < -0.4 is 5.73 Å². The maximum Gasteiger partial charge on any atom is 0.137 e. The quantitative estimate of drug-likeness (QED) is 0.846. The van der Waals surface area contributed by atoms with Crippen molar-refractivity contribution < 1.29 is 4.39 Å². The summed E-state index contributed by atoms with van der Waals surface area (Å²) in [6.45, 7) is 0. The van der Waals surface area contributed by atoms with Crippen LogP contribution in [0.3, 0.4) is 0 Å². The van der Waals surface area contributed by atoms with E-state index in [0.717, 1.165) is 5.56 Å². The molecule has 0 bridgehead atoms. The van der Waals surface area contributed by atoms with Crippen molar-refractivity contribution in [3.63, 3.8) is 0 Å². The van der Waals surface area contributed by atoms with E-state index < -0.39 is 0 Å². The molecule has 0 aromatic heterocycles. The Morgan fingerprint density at radius 1 is 1.24 bits per heavy atom.